The molecule has 2 aromatic rings. The zero-order valence-electron chi connectivity index (χ0n) is 14.3. The highest BCUT2D eigenvalue weighted by Gasteiger charge is 2.23. The summed E-state index contributed by atoms with van der Waals surface area (Å²) in [6.45, 7) is 5.01. The average Bonchev–Trinajstić information content (AvgIpc) is 3.30. The van der Waals surface area contributed by atoms with E-state index in [0.29, 0.717) is 23.4 Å². The number of hydrogen-bond acceptors (Lipinski definition) is 5. The van der Waals surface area contributed by atoms with Crippen molar-refractivity contribution < 1.29 is 9.53 Å². The number of halogens is 1. The number of rotatable bonds is 8. The molecule has 1 aromatic carbocycles. The lowest BCUT2D eigenvalue weighted by atomic mass is 10.2. The van der Waals surface area contributed by atoms with E-state index in [-0.39, 0.29) is 5.91 Å². The van der Waals surface area contributed by atoms with Gasteiger partial charge in [0, 0.05) is 17.6 Å². The highest BCUT2D eigenvalue weighted by Crippen LogP contribution is 2.24. The molecule has 1 amide bonds. The fourth-order valence-electron chi connectivity index (χ4n) is 2.39. The molecule has 1 saturated carbocycles. The Hall–Kier alpha value is -1.73. The fourth-order valence-corrected chi connectivity index (χ4v) is 3.45. The molecule has 1 heterocycles. The van der Waals surface area contributed by atoms with E-state index in [9.17, 15) is 4.79 Å². The Labute approximate surface area is 156 Å². The Balaban J connectivity index is 1.59. The van der Waals surface area contributed by atoms with Crippen LogP contribution in [0, 0.1) is 6.92 Å². The molecule has 0 saturated heterocycles. The maximum atomic E-state index is 11.8. The van der Waals surface area contributed by atoms with Crippen molar-refractivity contribution in [1.29, 1.82) is 0 Å². The van der Waals surface area contributed by atoms with Crippen LogP contribution >= 0.6 is 23.4 Å². The average molecular weight is 381 g/mol. The first kappa shape index (κ1) is 18.1. The standard InChI is InChI=1S/C17H21ClN4O2S/c1-3-22-15(9-24-14-7-4-12(18)8-11(14)2)20-21-17(22)25-10-16(23)19-13-5-6-13/h4,7-8,13H,3,5-6,9-10H2,1-2H3,(H,19,23). The van der Waals surface area contributed by atoms with Crippen molar-refractivity contribution >= 4 is 29.3 Å². The SMILES string of the molecule is CCn1c(COc2ccc(Cl)cc2C)nnc1SCC(=O)NC1CC1. The molecule has 25 heavy (non-hydrogen) atoms. The molecule has 1 aromatic heterocycles. The number of nitrogens with one attached hydrogen (secondary N) is 1. The molecule has 1 N–H and O–H groups in total. The third kappa shape index (κ3) is 4.89. The Morgan fingerprint density at radius 3 is 2.92 bits per heavy atom. The number of aryl methyl sites for hydroxylation is 1. The number of carbonyl (C=O) groups excluding carboxylic acids is 1. The summed E-state index contributed by atoms with van der Waals surface area (Å²) < 4.78 is 7.82. The second-order valence-electron chi connectivity index (χ2n) is 5.97. The lowest BCUT2D eigenvalue weighted by molar-refractivity contribution is -0.118. The summed E-state index contributed by atoms with van der Waals surface area (Å²) in [7, 11) is 0. The van der Waals surface area contributed by atoms with E-state index < -0.39 is 0 Å². The molecular formula is C17H21ClN4O2S. The van der Waals surface area contributed by atoms with Crippen molar-refractivity contribution in [3.8, 4) is 5.75 Å². The van der Waals surface area contributed by atoms with Gasteiger partial charge in [-0.05, 0) is 50.5 Å². The maximum Gasteiger partial charge on any atom is 0.230 e. The smallest absolute Gasteiger partial charge is 0.230 e. The van der Waals surface area contributed by atoms with Gasteiger partial charge in [-0.1, -0.05) is 23.4 Å². The van der Waals surface area contributed by atoms with E-state index in [1.165, 1.54) is 11.8 Å². The molecular weight excluding hydrogens is 360 g/mol. The van der Waals surface area contributed by atoms with Gasteiger partial charge in [0.15, 0.2) is 11.0 Å². The van der Waals surface area contributed by atoms with Gasteiger partial charge >= 0.3 is 0 Å². The summed E-state index contributed by atoms with van der Waals surface area (Å²) in [4.78, 5) is 11.8. The predicted molar refractivity (Wildman–Crippen MR) is 98.1 cm³/mol. The monoisotopic (exact) mass is 380 g/mol. The Morgan fingerprint density at radius 1 is 1.44 bits per heavy atom. The number of thioether (sulfide) groups is 1. The van der Waals surface area contributed by atoms with Gasteiger partial charge in [0.25, 0.3) is 0 Å². The van der Waals surface area contributed by atoms with Gasteiger partial charge in [-0.2, -0.15) is 0 Å². The second kappa shape index (κ2) is 8.10. The molecule has 0 bridgehead atoms. The number of nitrogens with zero attached hydrogens (tertiary/aromatic N) is 3. The fraction of sp³-hybridized carbons (Fsp3) is 0.471. The molecule has 6 nitrogen and oxygen atoms in total. The molecule has 8 heteroatoms. The van der Waals surface area contributed by atoms with Crippen LogP contribution in [0.2, 0.25) is 5.02 Å². The van der Waals surface area contributed by atoms with Crippen LogP contribution in [-0.2, 0) is 17.9 Å². The van der Waals surface area contributed by atoms with Crippen molar-refractivity contribution in [2.75, 3.05) is 5.75 Å². The van der Waals surface area contributed by atoms with Gasteiger partial charge in [0.1, 0.15) is 12.4 Å². The lowest BCUT2D eigenvalue weighted by Gasteiger charge is -2.10. The Kier molecular flexibility index (Phi) is 5.86. The largest absolute Gasteiger partial charge is 0.485 e. The van der Waals surface area contributed by atoms with Crippen LogP contribution in [-0.4, -0.2) is 32.5 Å². The van der Waals surface area contributed by atoms with Gasteiger partial charge < -0.3 is 14.6 Å². The van der Waals surface area contributed by atoms with Crippen LogP contribution in [0.25, 0.3) is 0 Å². The molecule has 0 atom stereocenters. The van der Waals surface area contributed by atoms with Gasteiger partial charge in [0.05, 0.1) is 5.75 Å². The molecule has 0 unspecified atom stereocenters. The van der Waals surface area contributed by atoms with Crippen molar-refractivity contribution in [1.82, 2.24) is 20.1 Å². The molecule has 1 aliphatic rings. The number of benzene rings is 1. The molecule has 1 aliphatic carbocycles. The molecule has 0 radical (unpaired) electrons. The predicted octanol–water partition coefficient (Wildman–Crippen LogP) is 3.21. The summed E-state index contributed by atoms with van der Waals surface area (Å²) >= 11 is 7.36. The van der Waals surface area contributed by atoms with Gasteiger partial charge in [-0.15, -0.1) is 10.2 Å². The summed E-state index contributed by atoms with van der Waals surface area (Å²) in [5.74, 6) is 1.91. The van der Waals surface area contributed by atoms with Crippen molar-refractivity contribution in [2.24, 2.45) is 0 Å². The summed E-state index contributed by atoms with van der Waals surface area (Å²) in [6.07, 6.45) is 2.18. The normalized spacial score (nSPS) is 13.7. The third-order valence-corrected chi connectivity index (χ3v) is 5.08. The quantitative estimate of drug-likeness (QED) is 0.712. The number of aromatic nitrogens is 3. The summed E-state index contributed by atoms with van der Waals surface area (Å²) in [5, 5.41) is 12.8. The van der Waals surface area contributed by atoms with Crippen molar-refractivity contribution in [3.63, 3.8) is 0 Å². The minimum absolute atomic E-state index is 0.0488. The van der Waals surface area contributed by atoms with E-state index in [1.807, 2.05) is 30.5 Å². The molecule has 1 fully saturated rings. The zero-order valence-corrected chi connectivity index (χ0v) is 15.9. The highest BCUT2D eigenvalue weighted by atomic mass is 35.5. The molecule has 0 spiro atoms. The number of ether oxygens (including phenoxy) is 1. The van der Waals surface area contributed by atoms with E-state index in [0.717, 1.165) is 41.7 Å². The minimum Gasteiger partial charge on any atom is -0.485 e. The minimum atomic E-state index is 0.0488. The van der Waals surface area contributed by atoms with Gasteiger partial charge in [-0.25, -0.2) is 0 Å². The van der Waals surface area contributed by atoms with Crippen LogP contribution in [0.3, 0.4) is 0 Å². The van der Waals surface area contributed by atoms with Crippen molar-refractivity contribution in [2.45, 2.75) is 51.0 Å². The van der Waals surface area contributed by atoms with Crippen LogP contribution in [0.4, 0.5) is 0 Å². The highest BCUT2D eigenvalue weighted by molar-refractivity contribution is 7.99. The first-order valence-corrected chi connectivity index (χ1v) is 9.66. The van der Waals surface area contributed by atoms with E-state index in [1.54, 1.807) is 6.07 Å². The van der Waals surface area contributed by atoms with Crippen LogP contribution in [0.5, 0.6) is 5.75 Å². The Bertz CT molecular complexity index is 761. The zero-order chi connectivity index (χ0) is 17.8. The topological polar surface area (TPSA) is 69.0 Å². The van der Waals surface area contributed by atoms with E-state index in [4.69, 9.17) is 16.3 Å². The van der Waals surface area contributed by atoms with Crippen LogP contribution in [0.1, 0.15) is 31.2 Å². The summed E-state index contributed by atoms with van der Waals surface area (Å²) in [5.41, 5.74) is 0.974. The lowest BCUT2D eigenvalue weighted by Crippen LogP contribution is -2.27. The number of amides is 1. The Morgan fingerprint density at radius 2 is 2.24 bits per heavy atom. The second-order valence-corrected chi connectivity index (χ2v) is 7.35. The van der Waals surface area contributed by atoms with Crippen LogP contribution < -0.4 is 10.1 Å². The van der Waals surface area contributed by atoms with Crippen LogP contribution in [0.15, 0.2) is 23.4 Å². The maximum absolute atomic E-state index is 11.8. The van der Waals surface area contributed by atoms with Gasteiger partial charge in [-0.3, -0.25) is 4.79 Å². The molecule has 3 rings (SSSR count). The van der Waals surface area contributed by atoms with E-state index in [2.05, 4.69) is 15.5 Å². The van der Waals surface area contributed by atoms with Gasteiger partial charge in [0.2, 0.25) is 5.91 Å². The first-order valence-electron chi connectivity index (χ1n) is 8.30. The molecule has 134 valence electrons. The number of carbonyl (C=O) groups is 1. The number of hydrogen-bond donors (Lipinski definition) is 1. The van der Waals surface area contributed by atoms with Crippen molar-refractivity contribution in [3.05, 3.63) is 34.6 Å². The first-order chi connectivity index (χ1) is 12.1. The third-order valence-electron chi connectivity index (χ3n) is 3.88. The van der Waals surface area contributed by atoms with E-state index >= 15 is 0 Å². The molecule has 0 aliphatic heterocycles. The summed E-state index contributed by atoms with van der Waals surface area (Å²) in [6, 6.07) is 5.89.